The zero-order valence-electron chi connectivity index (χ0n) is 10.9. The lowest BCUT2D eigenvalue weighted by Crippen LogP contribution is -2.02. The summed E-state index contributed by atoms with van der Waals surface area (Å²) < 4.78 is 27.0. The Hall–Kier alpha value is -1.22. The van der Waals surface area contributed by atoms with Gasteiger partial charge in [0.1, 0.15) is 0 Å². The van der Waals surface area contributed by atoms with E-state index in [4.69, 9.17) is 0 Å². The normalized spacial score (nSPS) is 12.5. The van der Waals surface area contributed by atoms with Gasteiger partial charge in [-0.15, -0.1) is 0 Å². The summed E-state index contributed by atoms with van der Waals surface area (Å²) >= 11 is 3.46. The molecule has 0 heterocycles. The summed E-state index contributed by atoms with van der Waals surface area (Å²) in [6, 6.07) is 10.5. The minimum Gasteiger partial charge on any atom is -0.204 e. The van der Waals surface area contributed by atoms with Crippen LogP contribution in [0.15, 0.2) is 36.4 Å². The Morgan fingerprint density at radius 2 is 1.84 bits per heavy atom. The molecule has 0 aliphatic carbocycles. The number of alkyl halides is 1. The lowest BCUT2D eigenvalue weighted by Gasteiger charge is -2.14. The molecule has 0 saturated heterocycles. The van der Waals surface area contributed by atoms with Crippen LogP contribution >= 0.6 is 15.9 Å². The van der Waals surface area contributed by atoms with E-state index in [1.165, 1.54) is 11.6 Å². The number of aryl methyl sites for hydroxylation is 2. The molecule has 3 heteroatoms. The molecule has 2 rings (SSSR count). The lowest BCUT2D eigenvalue weighted by molar-refractivity contribution is 0.498. The predicted molar refractivity (Wildman–Crippen MR) is 77.6 cm³/mol. The Labute approximate surface area is 120 Å². The van der Waals surface area contributed by atoms with Gasteiger partial charge in [-0.25, -0.2) is 8.78 Å². The molecule has 0 fully saturated rings. The zero-order chi connectivity index (χ0) is 14.0. The van der Waals surface area contributed by atoms with E-state index in [9.17, 15) is 8.78 Å². The van der Waals surface area contributed by atoms with Crippen molar-refractivity contribution in [2.45, 2.75) is 25.1 Å². The van der Waals surface area contributed by atoms with Crippen LogP contribution in [0.2, 0.25) is 0 Å². The van der Waals surface area contributed by atoms with E-state index in [2.05, 4.69) is 22.0 Å². The SMILES string of the molecule is Cc1ccc(C)c(CC(Br)c2cccc(F)c2F)c1. The van der Waals surface area contributed by atoms with Crippen molar-refractivity contribution in [3.05, 3.63) is 70.3 Å². The molecule has 100 valence electrons. The first kappa shape index (κ1) is 14.2. The Morgan fingerprint density at radius 1 is 1.11 bits per heavy atom. The van der Waals surface area contributed by atoms with Crippen LogP contribution in [-0.2, 0) is 6.42 Å². The molecule has 19 heavy (non-hydrogen) atoms. The number of benzene rings is 2. The molecule has 0 radical (unpaired) electrons. The largest absolute Gasteiger partial charge is 0.204 e. The van der Waals surface area contributed by atoms with E-state index in [1.807, 2.05) is 26.0 Å². The van der Waals surface area contributed by atoms with Gasteiger partial charge in [0.2, 0.25) is 0 Å². The second-order valence-electron chi connectivity index (χ2n) is 4.74. The highest BCUT2D eigenvalue weighted by atomic mass is 79.9. The maximum absolute atomic E-state index is 13.7. The van der Waals surface area contributed by atoms with Crippen LogP contribution in [0, 0.1) is 25.5 Å². The fourth-order valence-electron chi connectivity index (χ4n) is 2.09. The van der Waals surface area contributed by atoms with E-state index >= 15 is 0 Å². The highest BCUT2D eigenvalue weighted by Gasteiger charge is 2.16. The monoisotopic (exact) mass is 324 g/mol. The molecule has 0 spiro atoms. The fraction of sp³-hybridized carbons (Fsp3) is 0.250. The van der Waals surface area contributed by atoms with Crippen LogP contribution in [0.5, 0.6) is 0 Å². The van der Waals surface area contributed by atoms with Crippen molar-refractivity contribution in [2.75, 3.05) is 0 Å². The number of hydrogen-bond acceptors (Lipinski definition) is 0. The molecule has 0 nitrogen and oxygen atoms in total. The summed E-state index contributed by atoms with van der Waals surface area (Å²) in [4.78, 5) is -0.233. The molecule has 0 aliphatic rings. The second-order valence-corrected chi connectivity index (χ2v) is 5.85. The molecule has 0 saturated carbocycles. The third-order valence-corrected chi connectivity index (χ3v) is 4.04. The third-order valence-electron chi connectivity index (χ3n) is 3.22. The van der Waals surface area contributed by atoms with Gasteiger partial charge in [0.05, 0.1) is 0 Å². The van der Waals surface area contributed by atoms with Gasteiger partial charge >= 0.3 is 0 Å². The molecule has 0 aromatic heterocycles. The van der Waals surface area contributed by atoms with Crippen molar-refractivity contribution >= 4 is 15.9 Å². The molecule has 1 unspecified atom stereocenters. The zero-order valence-corrected chi connectivity index (χ0v) is 12.5. The fourth-order valence-corrected chi connectivity index (χ4v) is 2.79. The van der Waals surface area contributed by atoms with Crippen molar-refractivity contribution in [1.82, 2.24) is 0 Å². The van der Waals surface area contributed by atoms with Crippen LogP contribution in [0.4, 0.5) is 8.78 Å². The molecular weight excluding hydrogens is 310 g/mol. The number of halogens is 3. The standard InChI is InChI=1S/C16H15BrF2/c1-10-6-7-11(2)12(8-10)9-14(17)13-4-3-5-15(18)16(13)19/h3-8,14H,9H2,1-2H3. The summed E-state index contributed by atoms with van der Waals surface area (Å²) in [7, 11) is 0. The van der Waals surface area contributed by atoms with Crippen LogP contribution in [0.25, 0.3) is 0 Å². The molecule has 1 atom stereocenters. The maximum Gasteiger partial charge on any atom is 0.163 e. The van der Waals surface area contributed by atoms with Gasteiger partial charge in [-0.2, -0.15) is 0 Å². The third kappa shape index (κ3) is 3.21. The van der Waals surface area contributed by atoms with E-state index in [1.54, 1.807) is 6.07 Å². The first-order valence-corrected chi connectivity index (χ1v) is 7.04. The number of rotatable bonds is 3. The van der Waals surface area contributed by atoms with Gasteiger partial charge in [-0.05, 0) is 37.5 Å². The van der Waals surface area contributed by atoms with E-state index in [0.29, 0.717) is 12.0 Å². The molecule has 0 bridgehead atoms. The Kier molecular flexibility index (Phi) is 4.35. The van der Waals surface area contributed by atoms with Gasteiger partial charge in [-0.1, -0.05) is 51.8 Å². The summed E-state index contributed by atoms with van der Waals surface area (Å²) in [5.41, 5.74) is 3.83. The maximum atomic E-state index is 13.7. The molecule has 0 amide bonds. The highest BCUT2D eigenvalue weighted by Crippen LogP contribution is 2.31. The smallest absolute Gasteiger partial charge is 0.163 e. The predicted octanol–water partition coefficient (Wildman–Crippen LogP) is 5.26. The highest BCUT2D eigenvalue weighted by molar-refractivity contribution is 9.09. The van der Waals surface area contributed by atoms with Crippen LogP contribution < -0.4 is 0 Å². The van der Waals surface area contributed by atoms with Gasteiger partial charge < -0.3 is 0 Å². The van der Waals surface area contributed by atoms with Crippen molar-refractivity contribution < 1.29 is 8.78 Å². The van der Waals surface area contributed by atoms with Gasteiger partial charge in [0.15, 0.2) is 11.6 Å². The summed E-state index contributed by atoms with van der Waals surface area (Å²) in [6.07, 6.45) is 0.633. The van der Waals surface area contributed by atoms with Crippen molar-refractivity contribution in [2.24, 2.45) is 0 Å². The Balaban J connectivity index is 2.28. The molecule has 2 aromatic rings. The van der Waals surface area contributed by atoms with Crippen molar-refractivity contribution in [3.63, 3.8) is 0 Å². The van der Waals surface area contributed by atoms with Crippen LogP contribution in [-0.4, -0.2) is 0 Å². The minimum atomic E-state index is -0.803. The van der Waals surface area contributed by atoms with E-state index in [-0.39, 0.29) is 4.83 Å². The average molecular weight is 325 g/mol. The Morgan fingerprint density at radius 3 is 2.58 bits per heavy atom. The first-order valence-electron chi connectivity index (χ1n) is 6.13. The second kappa shape index (κ2) is 5.83. The van der Waals surface area contributed by atoms with Gasteiger partial charge in [-0.3, -0.25) is 0 Å². The topological polar surface area (TPSA) is 0 Å². The minimum absolute atomic E-state index is 0.233. The molecule has 0 aliphatic heterocycles. The molecule has 2 aromatic carbocycles. The van der Waals surface area contributed by atoms with Crippen LogP contribution in [0.1, 0.15) is 27.1 Å². The van der Waals surface area contributed by atoms with E-state index < -0.39 is 11.6 Å². The molecule has 0 N–H and O–H groups in total. The Bertz CT molecular complexity index is 593. The molecular formula is C16H15BrF2. The van der Waals surface area contributed by atoms with Gasteiger partial charge in [0.25, 0.3) is 0 Å². The van der Waals surface area contributed by atoms with Crippen LogP contribution in [0.3, 0.4) is 0 Å². The summed E-state index contributed by atoms with van der Waals surface area (Å²) in [5, 5.41) is 0. The number of hydrogen-bond donors (Lipinski definition) is 0. The summed E-state index contributed by atoms with van der Waals surface area (Å²) in [6.45, 7) is 4.05. The van der Waals surface area contributed by atoms with Crippen molar-refractivity contribution in [1.29, 1.82) is 0 Å². The quantitative estimate of drug-likeness (QED) is 0.675. The van der Waals surface area contributed by atoms with E-state index in [0.717, 1.165) is 17.2 Å². The summed E-state index contributed by atoms with van der Waals surface area (Å²) in [5.74, 6) is -1.57. The van der Waals surface area contributed by atoms with Gasteiger partial charge in [0, 0.05) is 10.4 Å². The lowest BCUT2D eigenvalue weighted by atomic mass is 9.98. The van der Waals surface area contributed by atoms with Crippen molar-refractivity contribution in [3.8, 4) is 0 Å². The average Bonchev–Trinajstić information content (AvgIpc) is 2.37. The first-order chi connectivity index (χ1) is 8.99.